The van der Waals surface area contributed by atoms with Crippen LogP contribution in [0, 0.1) is 0 Å². The van der Waals surface area contributed by atoms with Crippen LogP contribution in [0.25, 0.3) is 0 Å². The normalized spacial score (nSPS) is 10.6. The van der Waals surface area contributed by atoms with Gasteiger partial charge in [0, 0.05) is 25.6 Å². The topological polar surface area (TPSA) is 81.4 Å². The van der Waals surface area contributed by atoms with E-state index in [9.17, 15) is 9.59 Å². The molecule has 0 atom stereocenters. The van der Waals surface area contributed by atoms with Crippen molar-refractivity contribution < 1.29 is 14.3 Å². The third-order valence-electron chi connectivity index (χ3n) is 3.66. The third-order valence-corrected chi connectivity index (χ3v) is 4.57. The summed E-state index contributed by atoms with van der Waals surface area (Å²) in [5.41, 5.74) is 7.18. The molecule has 1 aromatic rings. The van der Waals surface area contributed by atoms with Crippen LogP contribution in [0.5, 0.6) is 0 Å². The van der Waals surface area contributed by atoms with Gasteiger partial charge in [-0.2, -0.15) is 0 Å². The van der Waals surface area contributed by atoms with Gasteiger partial charge in [-0.25, -0.2) is 0 Å². The lowest BCUT2D eigenvalue weighted by Gasteiger charge is -2.06. The summed E-state index contributed by atoms with van der Waals surface area (Å²) < 4.78 is 5.64. The Hall–Kier alpha value is -1.53. The first-order valence-electron chi connectivity index (χ1n) is 8.88. The van der Waals surface area contributed by atoms with Gasteiger partial charge in [0.05, 0.1) is 5.94 Å². The van der Waals surface area contributed by atoms with Gasteiger partial charge in [0.2, 0.25) is 11.8 Å². The zero-order valence-electron chi connectivity index (χ0n) is 15.1. The minimum Gasteiger partial charge on any atom is -0.371 e. The summed E-state index contributed by atoms with van der Waals surface area (Å²) in [7, 11) is 0. The van der Waals surface area contributed by atoms with Crippen molar-refractivity contribution in [3.05, 3.63) is 29.8 Å². The summed E-state index contributed by atoms with van der Waals surface area (Å²) in [6, 6.07) is 7.93. The van der Waals surface area contributed by atoms with Crippen LogP contribution in [-0.4, -0.2) is 30.1 Å². The molecule has 1 aromatic carbocycles. The Morgan fingerprint density at radius 3 is 2.48 bits per heavy atom. The second-order valence-electron chi connectivity index (χ2n) is 6.05. The van der Waals surface area contributed by atoms with E-state index >= 15 is 0 Å². The van der Waals surface area contributed by atoms with Crippen LogP contribution in [0.3, 0.4) is 0 Å². The molecule has 0 fully saturated rings. The van der Waals surface area contributed by atoms with Gasteiger partial charge in [0.15, 0.2) is 0 Å². The minimum atomic E-state index is -0.202. The number of nitrogens with two attached hydrogens (primary N) is 1. The molecular formula is C19H30N2O3S. The number of rotatable bonds is 14. The van der Waals surface area contributed by atoms with Crippen molar-refractivity contribution in [3.8, 4) is 0 Å². The monoisotopic (exact) mass is 366 g/mol. The first-order chi connectivity index (χ1) is 12.1. The molecule has 0 bridgehead atoms. The van der Waals surface area contributed by atoms with Crippen molar-refractivity contribution >= 4 is 29.3 Å². The zero-order chi connectivity index (χ0) is 18.3. The van der Waals surface area contributed by atoms with Crippen LogP contribution in [0.2, 0.25) is 0 Å². The Balaban J connectivity index is 1.91. The molecule has 0 saturated heterocycles. The van der Waals surface area contributed by atoms with Gasteiger partial charge >= 0.3 is 0 Å². The SMILES string of the molecule is CC(=O)Nc1ccc(CCCOCSCCCCCCC(N)=O)cc1. The number of aryl methyl sites for hydroxylation is 1. The molecule has 0 spiro atoms. The first kappa shape index (κ1) is 21.5. The highest BCUT2D eigenvalue weighted by Gasteiger charge is 1.98. The number of ether oxygens (including phenoxy) is 1. The lowest BCUT2D eigenvalue weighted by atomic mass is 10.1. The number of nitrogens with one attached hydrogen (secondary N) is 1. The molecule has 1 rings (SSSR count). The number of hydrogen-bond donors (Lipinski definition) is 2. The molecule has 2 amide bonds. The number of thioether (sulfide) groups is 1. The zero-order valence-corrected chi connectivity index (χ0v) is 15.9. The number of primary amides is 1. The second-order valence-corrected chi connectivity index (χ2v) is 7.10. The second kappa shape index (κ2) is 13.7. The quantitative estimate of drug-likeness (QED) is 0.388. The molecule has 6 heteroatoms. The van der Waals surface area contributed by atoms with Gasteiger partial charge in [0.1, 0.15) is 0 Å². The highest BCUT2D eigenvalue weighted by molar-refractivity contribution is 7.99. The van der Waals surface area contributed by atoms with Crippen molar-refractivity contribution in [2.75, 3.05) is 23.6 Å². The average Bonchev–Trinajstić information content (AvgIpc) is 2.56. The van der Waals surface area contributed by atoms with Gasteiger partial charge < -0.3 is 15.8 Å². The summed E-state index contributed by atoms with van der Waals surface area (Å²) in [6.07, 6.45) is 6.76. The Kier molecular flexibility index (Phi) is 11.8. The van der Waals surface area contributed by atoms with Crippen LogP contribution in [0.15, 0.2) is 24.3 Å². The highest BCUT2D eigenvalue weighted by atomic mass is 32.2. The van der Waals surface area contributed by atoms with Crippen LogP contribution in [0.4, 0.5) is 5.69 Å². The highest BCUT2D eigenvalue weighted by Crippen LogP contribution is 2.12. The summed E-state index contributed by atoms with van der Waals surface area (Å²) >= 11 is 1.82. The maximum atomic E-state index is 11.0. The smallest absolute Gasteiger partial charge is 0.221 e. The van der Waals surface area contributed by atoms with Crippen molar-refractivity contribution in [1.82, 2.24) is 0 Å². The van der Waals surface area contributed by atoms with E-state index in [-0.39, 0.29) is 11.8 Å². The first-order valence-corrected chi connectivity index (χ1v) is 10.0. The van der Waals surface area contributed by atoms with Gasteiger partial charge in [-0.15, -0.1) is 11.8 Å². The molecule has 0 heterocycles. The van der Waals surface area contributed by atoms with E-state index < -0.39 is 0 Å². The number of carbonyl (C=O) groups is 2. The number of amides is 2. The molecule has 0 unspecified atom stereocenters. The number of anilines is 1. The molecule has 0 saturated carbocycles. The molecule has 0 aliphatic heterocycles. The number of hydrogen-bond acceptors (Lipinski definition) is 4. The third kappa shape index (κ3) is 12.5. The van der Waals surface area contributed by atoms with E-state index in [1.165, 1.54) is 12.5 Å². The standard InChI is InChI=1S/C19H30N2O3S/c1-16(22)21-18-11-9-17(10-12-18)7-6-13-24-15-25-14-5-3-2-4-8-19(20)23/h9-12H,2-8,13-15H2,1H3,(H2,20,23)(H,21,22). The molecule has 0 aliphatic rings. The van der Waals surface area contributed by atoms with E-state index in [1.54, 1.807) is 0 Å². The van der Waals surface area contributed by atoms with Gasteiger partial charge in [-0.3, -0.25) is 9.59 Å². The van der Waals surface area contributed by atoms with Crippen molar-refractivity contribution in [2.24, 2.45) is 5.73 Å². The molecule has 140 valence electrons. The van der Waals surface area contributed by atoms with Crippen LogP contribution in [-0.2, 0) is 20.7 Å². The number of unbranched alkanes of at least 4 members (excludes halogenated alkanes) is 3. The Labute approximate surface area is 155 Å². The summed E-state index contributed by atoms with van der Waals surface area (Å²) in [5.74, 6) is 1.58. The molecule has 5 nitrogen and oxygen atoms in total. The Morgan fingerprint density at radius 2 is 1.80 bits per heavy atom. The van der Waals surface area contributed by atoms with Gasteiger partial charge in [-0.1, -0.05) is 25.0 Å². The fourth-order valence-corrected chi connectivity index (χ4v) is 3.13. The predicted octanol–water partition coefficient (Wildman–Crippen LogP) is 3.72. The molecule has 0 aromatic heterocycles. The van der Waals surface area contributed by atoms with E-state index in [4.69, 9.17) is 10.5 Å². The molecule has 25 heavy (non-hydrogen) atoms. The average molecular weight is 367 g/mol. The summed E-state index contributed by atoms with van der Waals surface area (Å²) in [6.45, 7) is 2.27. The van der Waals surface area contributed by atoms with Gasteiger partial charge in [-0.05, 0) is 49.1 Å². The lowest BCUT2D eigenvalue weighted by Crippen LogP contribution is -2.09. The minimum absolute atomic E-state index is 0.0516. The van der Waals surface area contributed by atoms with Crippen LogP contribution < -0.4 is 11.1 Å². The van der Waals surface area contributed by atoms with E-state index in [2.05, 4.69) is 5.32 Å². The van der Waals surface area contributed by atoms with E-state index in [0.717, 1.165) is 62.5 Å². The van der Waals surface area contributed by atoms with Crippen molar-refractivity contribution in [1.29, 1.82) is 0 Å². The summed E-state index contributed by atoms with van der Waals surface area (Å²) in [4.78, 5) is 21.6. The Morgan fingerprint density at radius 1 is 1.08 bits per heavy atom. The predicted molar refractivity (Wildman–Crippen MR) is 105 cm³/mol. The fraction of sp³-hybridized carbons (Fsp3) is 0.579. The largest absolute Gasteiger partial charge is 0.371 e. The van der Waals surface area contributed by atoms with Crippen molar-refractivity contribution in [2.45, 2.75) is 51.9 Å². The number of carbonyl (C=O) groups excluding carboxylic acids is 2. The summed E-state index contributed by atoms with van der Waals surface area (Å²) in [5, 5.41) is 2.76. The number of benzene rings is 1. The molecule has 3 N–H and O–H groups in total. The maximum Gasteiger partial charge on any atom is 0.221 e. The Bertz CT molecular complexity index is 506. The van der Waals surface area contributed by atoms with Crippen LogP contribution >= 0.6 is 11.8 Å². The van der Waals surface area contributed by atoms with Crippen molar-refractivity contribution in [3.63, 3.8) is 0 Å². The van der Waals surface area contributed by atoms with Gasteiger partial charge in [0.25, 0.3) is 0 Å². The van der Waals surface area contributed by atoms with E-state index in [1.807, 2.05) is 36.0 Å². The lowest BCUT2D eigenvalue weighted by molar-refractivity contribution is -0.118. The molecule has 0 aliphatic carbocycles. The fourth-order valence-electron chi connectivity index (χ4n) is 2.37. The van der Waals surface area contributed by atoms with Crippen LogP contribution in [0.1, 0.15) is 51.0 Å². The molecule has 0 radical (unpaired) electrons. The van der Waals surface area contributed by atoms with E-state index in [0.29, 0.717) is 6.42 Å². The maximum absolute atomic E-state index is 11.0. The molecular weight excluding hydrogens is 336 g/mol.